The van der Waals surface area contributed by atoms with Crippen LogP contribution in [-0.2, 0) is 6.54 Å². The summed E-state index contributed by atoms with van der Waals surface area (Å²) in [7, 11) is 0. The summed E-state index contributed by atoms with van der Waals surface area (Å²) in [4.78, 5) is 17.2. The maximum absolute atomic E-state index is 12.6. The normalized spacial score (nSPS) is 15.3. The molecule has 0 unspecified atom stereocenters. The SMILES string of the molecule is O=c1c(Cl)c(N2CCN(Cc3ccsc3)CC2)cnn1-c1ccccc1. The lowest BCUT2D eigenvalue weighted by Gasteiger charge is -2.36. The van der Waals surface area contributed by atoms with Gasteiger partial charge in [-0.1, -0.05) is 29.8 Å². The minimum atomic E-state index is -0.281. The Hall–Kier alpha value is -2.15. The molecule has 5 nitrogen and oxygen atoms in total. The van der Waals surface area contributed by atoms with E-state index >= 15 is 0 Å². The van der Waals surface area contributed by atoms with Gasteiger partial charge in [0.05, 0.1) is 17.6 Å². The molecule has 1 fully saturated rings. The van der Waals surface area contributed by atoms with E-state index in [9.17, 15) is 4.79 Å². The molecule has 2 aromatic heterocycles. The van der Waals surface area contributed by atoms with E-state index in [0.717, 1.165) is 38.4 Å². The first-order valence-electron chi connectivity index (χ1n) is 8.54. The second-order valence-corrected chi connectivity index (χ2v) is 7.45. The molecule has 0 N–H and O–H groups in total. The van der Waals surface area contributed by atoms with Crippen LogP contribution in [0.5, 0.6) is 0 Å². The molecule has 0 bridgehead atoms. The highest BCUT2D eigenvalue weighted by Gasteiger charge is 2.21. The van der Waals surface area contributed by atoms with Crippen molar-refractivity contribution < 1.29 is 0 Å². The quantitative estimate of drug-likeness (QED) is 0.690. The number of benzene rings is 1. The molecule has 1 aromatic carbocycles. The van der Waals surface area contributed by atoms with E-state index < -0.39 is 0 Å². The summed E-state index contributed by atoms with van der Waals surface area (Å²) in [6, 6.07) is 11.5. The highest BCUT2D eigenvalue weighted by atomic mass is 35.5. The van der Waals surface area contributed by atoms with Crippen molar-refractivity contribution in [3.05, 3.63) is 74.3 Å². The van der Waals surface area contributed by atoms with Crippen LogP contribution in [0.1, 0.15) is 5.56 Å². The van der Waals surface area contributed by atoms with Crippen LogP contribution >= 0.6 is 22.9 Å². The van der Waals surface area contributed by atoms with Crippen LogP contribution in [0.2, 0.25) is 5.02 Å². The van der Waals surface area contributed by atoms with Crippen molar-refractivity contribution in [3.8, 4) is 5.69 Å². The van der Waals surface area contributed by atoms with Gasteiger partial charge in [0.2, 0.25) is 0 Å². The van der Waals surface area contributed by atoms with Crippen LogP contribution in [0.4, 0.5) is 5.69 Å². The molecule has 3 aromatic rings. The van der Waals surface area contributed by atoms with Crippen molar-refractivity contribution >= 4 is 28.6 Å². The summed E-state index contributed by atoms with van der Waals surface area (Å²) in [6.45, 7) is 4.52. The van der Waals surface area contributed by atoms with Crippen LogP contribution < -0.4 is 10.5 Å². The standard InChI is InChI=1S/C19H19ClN4OS/c20-18-17(12-21-24(19(18)25)16-4-2-1-3-5-16)23-9-7-22(8-10-23)13-15-6-11-26-14-15/h1-6,11-12,14H,7-10,13H2. The van der Waals surface area contributed by atoms with Crippen molar-refractivity contribution in [1.29, 1.82) is 0 Å². The Kier molecular flexibility index (Phi) is 5.06. The van der Waals surface area contributed by atoms with E-state index in [1.54, 1.807) is 17.5 Å². The van der Waals surface area contributed by atoms with Gasteiger partial charge in [0.1, 0.15) is 5.02 Å². The fraction of sp³-hybridized carbons (Fsp3) is 0.263. The van der Waals surface area contributed by atoms with Gasteiger partial charge >= 0.3 is 0 Å². The lowest BCUT2D eigenvalue weighted by Crippen LogP contribution is -2.46. The van der Waals surface area contributed by atoms with Gasteiger partial charge in [0.25, 0.3) is 5.56 Å². The molecule has 0 saturated carbocycles. The Morgan fingerprint density at radius 1 is 1.08 bits per heavy atom. The Balaban J connectivity index is 1.49. The maximum Gasteiger partial charge on any atom is 0.292 e. The fourth-order valence-electron chi connectivity index (χ4n) is 3.19. The Morgan fingerprint density at radius 2 is 1.85 bits per heavy atom. The molecule has 0 spiro atoms. The Labute approximate surface area is 161 Å². The number of aromatic nitrogens is 2. The van der Waals surface area contributed by atoms with Gasteiger partial charge in [0.15, 0.2) is 0 Å². The number of anilines is 1. The molecule has 26 heavy (non-hydrogen) atoms. The second-order valence-electron chi connectivity index (χ2n) is 6.29. The molecule has 7 heteroatoms. The zero-order valence-electron chi connectivity index (χ0n) is 14.2. The van der Waals surface area contributed by atoms with Gasteiger partial charge in [-0.3, -0.25) is 9.69 Å². The van der Waals surface area contributed by atoms with Crippen molar-refractivity contribution in [1.82, 2.24) is 14.7 Å². The number of thiophene rings is 1. The number of hydrogen-bond acceptors (Lipinski definition) is 5. The lowest BCUT2D eigenvalue weighted by atomic mass is 10.2. The van der Waals surface area contributed by atoms with Crippen LogP contribution in [0.25, 0.3) is 5.69 Å². The number of nitrogens with zero attached hydrogens (tertiary/aromatic N) is 4. The number of piperazine rings is 1. The third kappa shape index (κ3) is 3.53. The van der Waals surface area contributed by atoms with Crippen molar-refractivity contribution in [2.24, 2.45) is 0 Å². The van der Waals surface area contributed by atoms with Crippen molar-refractivity contribution in [2.75, 3.05) is 31.1 Å². The van der Waals surface area contributed by atoms with Gasteiger partial charge < -0.3 is 4.90 Å². The smallest absolute Gasteiger partial charge is 0.292 e. The molecule has 1 aliphatic heterocycles. The minimum Gasteiger partial charge on any atom is -0.366 e. The predicted octanol–water partition coefficient (Wildman–Crippen LogP) is 3.27. The highest BCUT2D eigenvalue weighted by Crippen LogP contribution is 2.23. The number of rotatable bonds is 4. The molecule has 134 valence electrons. The first kappa shape index (κ1) is 17.3. The van der Waals surface area contributed by atoms with Gasteiger partial charge in [-0.15, -0.1) is 0 Å². The Morgan fingerprint density at radius 3 is 2.54 bits per heavy atom. The minimum absolute atomic E-state index is 0.232. The Bertz CT molecular complexity index is 918. The van der Waals surface area contributed by atoms with Crippen molar-refractivity contribution in [2.45, 2.75) is 6.54 Å². The summed E-state index contributed by atoms with van der Waals surface area (Å²) in [5, 5.41) is 8.86. The molecule has 4 rings (SSSR count). The summed E-state index contributed by atoms with van der Waals surface area (Å²) in [6.07, 6.45) is 1.70. The molecule has 3 heterocycles. The number of para-hydroxylation sites is 1. The predicted molar refractivity (Wildman–Crippen MR) is 107 cm³/mol. The van der Waals surface area contributed by atoms with E-state index in [2.05, 4.69) is 31.7 Å². The molecular weight excluding hydrogens is 368 g/mol. The first-order valence-corrected chi connectivity index (χ1v) is 9.86. The topological polar surface area (TPSA) is 41.4 Å². The monoisotopic (exact) mass is 386 g/mol. The maximum atomic E-state index is 12.6. The lowest BCUT2D eigenvalue weighted by molar-refractivity contribution is 0.250. The van der Waals surface area contributed by atoms with E-state index in [-0.39, 0.29) is 10.6 Å². The van der Waals surface area contributed by atoms with E-state index in [0.29, 0.717) is 5.69 Å². The van der Waals surface area contributed by atoms with Crippen LogP contribution in [0.3, 0.4) is 0 Å². The van der Waals surface area contributed by atoms with Gasteiger partial charge in [-0.05, 0) is 34.5 Å². The fourth-order valence-corrected chi connectivity index (χ4v) is 4.09. The third-order valence-corrected chi connectivity index (χ3v) is 5.69. The molecular formula is C19H19ClN4OS. The first-order chi connectivity index (χ1) is 12.7. The van der Waals surface area contributed by atoms with Gasteiger partial charge in [-0.25, -0.2) is 0 Å². The molecule has 1 aliphatic rings. The molecule has 0 atom stereocenters. The van der Waals surface area contributed by atoms with Gasteiger partial charge in [-0.2, -0.15) is 21.1 Å². The molecule has 0 radical (unpaired) electrons. The largest absolute Gasteiger partial charge is 0.366 e. The summed E-state index contributed by atoms with van der Waals surface area (Å²) >= 11 is 8.13. The van der Waals surface area contributed by atoms with Crippen LogP contribution in [0, 0.1) is 0 Å². The zero-order chi connectivity index (χ0) is 17.9. The molecule has 1 saturated heterocycles. The highest BCUT2D eigenvalue weighted by molar-refractivity contribution is 7.07. The van der Waals surface area contributed by atoms with Crippen molar-refractivity contribution in [3.63, 3.8) is 0 Å². The van der Waals surface area contributed by atoms with Crippen LogP contribution in [-0.4, -0.2) is 40.9 Å². The van der Waals surface area contributed by atoms with E-state index in [4.69, 9.17) is 11.6 Å². The van der Waals surface area contributed by atoms with Gasteiger partial charge in [0, 0.05) is 32.7 Å². The summed E-state index contributed by atoms with van der Waals surface area (Å²) < 4.78 is 1.35. The average molecular weight is 387 g/mol. The van der Waals surface area contributed by atoms with E-state index in [1.807, 2.05) is 30.3 Å². The second kappa shape index (κ2) is 7.61. The zero-order valence-corrected chi connectivity index (χ0v) is 15.8. The molecule has 0 aliphatic carbocycles. The summed E-state index contributed by atoms with van der Waals surface area (Å²) in [5.41, 5.74) is 2.51. The third-order valence-electron chi connectivity index (χ3n) is 4.60. The summed E-state index contributed by atoms with van der Waals surface area (Å²) in [5.74, 6) is 0. The average Bonchev–Trinajstić information content (AvgIpc) is 3.18. The number of hydrogen-bond donors (Lipinski definition) is 0. The van der Waals surface area contributed by atoms with Crippen LogP contribution in [0.15, 0.2) is 58.1 Å². The van der Waals surface area contributed by atoms with E-state index in [1.165, 1.54) is 10.2 Å². The number of halogens is 1. The molecule has 0 amide bonds.